The number of amides is 1. The summed E-state index contributed by atoms with van der Waals surface area (Å²) in [5.74, 6) is 1.17. The van der Waals surface area contributed by atoms with Gasteiger partial charge in [0.1, 0.15) is 30.3 Å². The van der Waals surface area contributed by atoms with E-state index in [0.717, 1.165) is 33.6 Å². The zero-order valence-electron chi connectivity index (χ0n) is 28.4. The zero-order valence-corrected chi connectivity index (χ0v) is 30.0. The van der Waals surface area contributed by atoms with Gasteiger partial charge >= 0.3 is 11.0 Å². The Morgan fingerprint density at radius 2 is 1.40 bits per heavy atom. The maximum absolute atomic E-state index is 14.0. The highest BCUT2D eigenvalue weighted by Gasteiger charge is 2.42. The predicted molar refractivity (Wildman–Crippen MR) is 203 cm³/mol. The summed E-state index contributed by atoms with van der Waals surface area (Å²) in [6.07, 6.45) is -0.469. The lowest BCUT2D eigenvalue weighted by Gasteiger charge is -2.37. The first-order chi connectivity index (χ1) is 25.3. The molecule has 10 heteroatoms. The number of halogens is 1. The van der Waals surface area contributed by atoms with E-state index in [1.807, 2.05) is 122 Å². The molecule has 0 spiro atoms. The maximum atomic E-state index is 14.0. The summed E-state index contributed by atoms with van der Waals surface area (Å²) in [5, 5.41) is 12.5. The maximum Gasteiger partial charge on any atom is 0.410 e. The van der Waals surface area contributed by atoms with E-state index in [1.54, 1.807) is 29.2 Å². The second-order valence-corrected chi connectivity index (χ2v) is 14.1. The average molecular weight is 733 g/mol. The summed E-state index contributed by atoms with van der Waals surface area (Å²) < 4.78 is 18.9. The van der Waals surface area contributed by atoms with E-state index < -0.39 is 17.7 Å². The van der Waals surface area contributed by atoms with E-state index in [9.17, 15) is 14.7 Å². The van der Waals surface area contributed by atoms with E-state index in [-0.39, 0.29) is 30.0 Å². The molecule has 2 atom stereocenters. The van der Waals surface area contributed by atoms with Crippen molar-refractivity contribution in [1.82, 2.24) is 9.47 Å². The van der Waals surface area contributed by atoms with Crippen molar-refractivity contribution < 1.29 is 24.1 Å². The van der Waals surface area contributed by atoms with Crippen LogP contribution in [0.15, 0.2) is 144 Å². The highest BCUT2D eigenvalue weighted by molar-refractivity contribution is 7.09. The minimum absolute atomic E-state index is 0.0746. The lowest BCUT2D eigenvalue weighted by atomic mass is 9.76. The summed E-state index contributed by atoms with van der Waals surface area (Å²) in [7, 11) is 0. The summed E-state index contributed by atoms with van der Waals surface area (Å²) in [6, 6.07) is 43.8. The number of cyclic esters (lactones) is 1. The number of nitrogens with zero attached hydrogens (tertiary/aromatic N) is 2. The normalized spacial score (nSPS) is 14.9. The second-order valence-electron chi connectivity index (χ2n) is 12.7. The van der Waals surface area contributed by atoms with E-state index >= 15 is 0 Å². The fourth-order valence-corrected chi connectivity index (χ4v) is 7.80. The number of carbonyl (C=O) groups excluding carboxylic acids is 1. The van der Waals surface area contributed by atoms with Crippen molar-refractivity contribution in [2.24, 2.45) is 0 Å². The van der Waals surface area contributed by atoms with Gasteiger partial charge < -0.3 is 19.3 Å². The molecule has 0 bridgehead atoms. The Hall–Kier alpha value is -5.51. The molecule has 1 fully saturated rings. The number of benzene rings is 5. The van der Waals surface area contributed by atoms with Crippen LogP contribution >= 0.6 is 22.9 Å². The third-order valence-corrected chi connectivity index (χ3v) is 10.4. The van der Waals surface area contributed by atoms with Gasteiger partial charge in [-0.3, -0.25) is 14.3 Å². The molecule has 1 aromatic heterocycles. The molecule has 1 amide bonds. The SMILES string of the molecule is CC(COc1ccc(Cc2sc(=O)n(C(c3ccccc3)(c3ccccc3)c3ccccc3)c2O)cc1)N1CC(COc2cccc(Cl)c2)OC1=O. The Morgan fingerprint density at radius 3 is 1.98 bits per heavy atom. The molecule has 1 aliphatic heterocycles. The minimum atomic E-state index is -1.11. The largest absolute Gasteiger partial charge is 0.494 e. The van der Waals surface area contributed by atoms with Crippen molar-refractivity contribution in [1.29, 1.82) is 0 Å². The van der Waals surface area contributed by atoms with Gasteiger partial charge in [-0.05, 0) is 59.5 Å². The Kier molecular flexibility index (Phi) is 10.3. The quantitative estimate of drug-likeness (QED) is 0.120. The van der Waals surface area contributed by atoms with Crippen LogP contribution < -0.4 is 14.3 Å². The highest BCUT2D eigenvalue weighted by atomic mass is 35.5. The van der Waals surface area contributed by atoms with Gasteiger partial charge in [0, 0.05) is 11.4 Å². The number of hydrogen-bond acceptors (Lipinski definition) is 7. The fourth-order valence-electron chi connectivity index (χ4n) is 6.67. The number of aromatic nitrogens is 1. The molecule has 1 aliphatic rings. The molecular formula is C42H37ClN2O6S. The molecule has 0 saturated carbocycles. The molecule has 1 saturated heterocycles. The third-order valence-electron chi connectivity index (χ3n) is 9.21. The predicted octanol–water partition coefficient (Wildman–Crippen LogP) is 8.37. The topological polar surface area (TPSA) is 90.2 Å². The lowest BCUT2D eigenvalue weighted by Crippen LogP contribution is -2.42. The van der Waals surface area contributed by atoms with Gasteiger partial charge in [-0.1, -0.05) is 132 Å². The molecule has 2 heterocycles. The van der Waals surface area contributed by atoms with E-state index in [0.29, 0.717) is 34.4 Å². The van der Waals surface area contributed by atoms with Gasteiger partial charge in [-0.25, -0.2) is 4.79 Å². The summed E-state index contributed by atoms with van der Waals surface area (Å²) in [4.78, 5) is 28.6. The first kappa shape index (κ1) is 34.9. The zero-order chi connectivity index (χ0) is 36.1. The monoisotopic (exact) mass is 732 g/mol. The van der Waals surface area contributed by atoms with Crippen molar-refractivity contribution in [3.05, 3.63) is 181 Å². The molecule has 52 heavy (non-hydrogen) atoms. The number of aromatic hydroxyl groups is 1. The van der Waals surface area contributed by atoms with Gasteiger partial charge in [-0.2, -0.15) is 0 Å². The van der Waals surface area contributed by atoms with Crippen LogP contribution in [-0.4, -0.2) is 52.6 Å². The molecule has 0 aliphatic carbocycles. The van der Waals surface area contributed by atoms with Crippen LogP contribution in [0.3, 0.4) is 0 Å². The van der Waals surface area contributed by atoms with Gasteiger partial charge in [0.25, 0.3) is 0 Å². The molecule has 7 rings (SSSR count). The van der Waals surface area contributed by atoms with Crippen molar-refractivity contribution in [2.45, 2.75) is 31.0 Å². The van der Waals surface area contributed by atoms with Gasteiger partial charge in [0.2, 0.25) is 5.88 Å². The van der Waals surface area contributed by atoms with Crippen LogP contribution in [0, 0.1) is 0 Å². The van der Waals surface area contributed by atoms with Crippen LogP contribution in [0.1, 0.15) is 34.1 Å². The Labute approximate surface area is 311 Å². The second kappa shape index (κ2) is 15.4. The van der Waals surface area contributed by atoms with Crippen LogP contribution in [0.2, 0.25) is 5.02 Å². The number of hydrogen-bond donors (Lipinski definition) is 1. The molecule has 2 unspecified atom stereocenters. The van der Waals surface area contributed by atoms with E-state index in [4.69, 9.17) is 25.8 Å². The van der Waals surface area contributed by atoms with Crippen LogP contribution in [0.5, 0.6) is 17.4 Å². The lowest BCUT2D eigenvalue weighted by molar-refractivity contribution is 0.100. The van der Waals surface area contributed by atoms with Gasteiger partial charge in [0.15, 0.2) is 6.10 Å². The first-order valence-electron chi connectivity index (χ1n) is 17.0. The van der Waals surface area contributed by atoms with Crippen molar-refractivity contribution in [3.63, 3.8) is 0 Å². The average Bonchev–Trinajstić information content (AvgIpc) is 3.69. The molecule has 0 radical (unpaired) electrons. The molecule has 1 N–H and O–H groups in total. The van der Waals surface area contributed by atoms with Gasteiger partial charge in [0.05, 0.1) is 17.5 Å². The van der Waals surface area contributed by atoms with Gasteiger partial charge in [-0.15, -0.1) is 0 Å². The van der Waals surface area contributed by atoms with Crippen molar-refractivity contribution in [2.75, 3.05) is 19.8 Å². The minimum Gasteiger partial charge on any atom is -0.494 e. The van der Waals surface area contributed by atoms with E-state index in [1.165, 1.54) is 4.57 Å². The molecule has 5 aromatic carbocycles. The molecule has 264 valence electrons. The number of rotatable bonds is 13. The Bertz CT molecular complexity index is 2080. The number of thiazole rings is 1. The number of carbonyl (C=O) groups is 1. The molecular weight excluding hydrogens is 696 g/mol. The summed E-state index contributed by atoms with van der Waals surface area (Å²) in [5.41, 5.74) is 2.36. The fraction of sp³-hybridized carbons (Fsp3) is 0.190. The Balaban J connectivity index is 1.06. The highest BCUT2D eigenvalue weighted by Crippen LogP contribution is 2.43. The van der Waals surface area contributed by atoms with Crippen molar-refractivity contribution >= 4 is 29.0 Å². The standard InChI is InChI=1S/C42H37ClN2O6S/c1-29(44-26-37(51-40(44)47)28-50-36-19-11-18-34(43)25-36)27-49-35-22-20-30(21-23-35)24-38-39(46)45(41(48)52-38)42(31-12-5-2-6-13-31,32-14-7-3-8-15-32)33-16-9-4-10-17-33/h2-23,25,29,37,46H,24,26-28H2,1H3. The third kappa shape index (κ3) is 7.15. The summed E-state index contributed by atoms with van der Waals surface area (Å²) >= 11 is 7.08. The molecule has 8 nitrogen and oxygen atoms in total. The smallest absolute Gasteiger partial charge is 0.410 e. The van der Waals surface area contributed by atoms with Crippen molar-refractivity contribution in [3.8, 4) is 17.4 Å². The van der Waals surface area contributed by atoms with E-state index in [2.05, 4.69) is 0 Å². The van der Waals surface area contributed by atoms with Crippen LogP contribution in [0.4, 0.5) is 4.79 Å². The van der Waals surface area contributed by atoms with Crippen LogP contribution in [0.25, 0.3) is 0 Å². The summed E-state index contributed by atoms with van der Waals surface area (Å²) in [6.45, 7) is 2.78. The van der Waals surface area contributed by atoms with Crippen LogP contribution in [-0.2, 0) is 16.7 Å². The molecule has 6 aromatic rings. The first-order valence-corrected chi connectivity index (χ1v) is 18.2. The Morgan fingerprint density at radius 1 is 0.808 bits per heavy atom. The number of ether oxygens (including phenoxy) is 3.